The first-order valence-corrected chi connectivity index (χ1v) is 13.9. The van der Waals surface area contributed by atoms with Crippen molar-refractivity contribution >= 4 is 57.9 Å². The van der Waals surface area contributed by atoms with Crippen LogP contribution in [0, 0.1) is 0 Å². The molecule has 4 aromatic rings. The third-order valence-electron chi connectivity index (χ3n) is 6.23. The smallest absolute Gasteiger partial charge is 0.242 e. The van der Waals surface area contributed by atoms with Crippen molar-refractivity contribution in [3.63, 3.8) is 0 Å². The van der Waals surface area contributed by atoms with Gasteiger partial charge in [-0.15, -0.1) is 11.8 Å². The molecule has 6 nitrogen and oxygen atoms in total. The molecule has 1 saturated heterocycles. The van der Waals surface area contributed by atoms with E-state index >= 15 is 0 Å². The Hall–Kier alpha value is -3.17. The fourth-order valence-corrected chi connectivity index (χ4v) is 6.33. The SMILES string of the molecule is CC(O)c1cccc(Nc2cccc(C3(c4ccsc4)CC(=O)C(Sc4ccccc4Cl)C(=O)N3)n2)c1. The molecule has 0 spiro atoms. The van der Waals surface area contributed by atoms with Gasteiger partial charge in [-0.2, -0.15) is 11.3 Å². The van der Waals surface area contributed by atoms with Crippen LogP contribution in [0.1, 0.15) is 36.3 Å². The Labute approximate surface area is 228 Å². The monoisotopic (exact) mass is 549 g/mol. The van der Waals surface area contributed by atoms with Crippen molar-refractivity contribution in [2.75, 3.05) is 5.32 Å². The van der Waals surface area contributed by atoms with Gasteiger partial charge in [-0.1, -0.05) is 41.9 Å². The summed E-state index contributed by atoms with van der Waals surface area (Å²) in [6, 6.07) is 22.0. The lowest BCUT2D eigenvalue weighted by Crippen LogP contribution is -2.58. The summed E-state index contributed by atoms with van der Waals surface area (Å²) in [4.78, 5) is 32.4. The first kappa shape index (κ1) is 25.5. The number of halogens is 1. The summed E-state index contributed by atoms with van der Waals surface area (Å²) in [5, 5.41) is 19.8. The number of carbonyl (C=O) groups excluding carboxylic acids is 2. The molecule has 1 aliphatic heterocycles. The second kappa shape index (κ2) is 10.7. The maximum Gasteiger partial charge on any atom is 0.242 e. The fraction of sp³-hybridized carbons (Fsp3) is 0.179. The highest BCUT2D eigenvalue weighted by atomic mass is 35.5. The lowest BCUT2D eigenvalue weighted by molar-refractivity contribution is -0.133. The number of piperidine rings is 1. The molecule has 1 aliphatic rings. The molecular weight excluding hydrogens is 526 g/mol. The van der Waals surface area contributed by atoms with Gasteiger partial charge in [0.15, 0.2) is 5.78 Å². The highest BCUT2D eigenvalue weighted by Gasteiger charge is 2.48. The van der Waals surface area contributed by atoms with Gasteiger partial charge in [-0.25, -0.2) is 4.98 Å². The molecule has 3 atom stereocenters. The number of ketones is 1. The summed E-state index contributed by atoms with van der Waals surface area (Å²) in [5.41, 5.74) is 1.83. The van der Waals surface area contributed by atoms with Gasteiger partial charge in [0.1, 0.15) is 16.6 Å². The van der Waals surface area contributed by atoms with Gasteiger partial charge >= 0.3 is 0 Å². The Morgan fingerprint density at radius 1 is 1.14 bits per heavy atom. The predicted molar refractivity (Wildman–Crippen MR) is 149 cm³/mol. The van der Waals surface area contributed by atoms with Crippen LogP contribution >= 0.6 is 34.7 Å². The van der Waals surface area contributed by atoms with Crippen LogP contribution in [-0.2, 0) is 15.1 Å². The van der Waals surface area contributed by atoms with E-state index in [9.17, 15) is 14.7 Å². The van der Waals surface area contributed by atoms with Crippen molar-refractivity contribution in [3.8, 4) is 0 Å². The molecule has 3 heterocycles. The zero-order chi connectivity index (χ0) is 26.0. The number of pyridine rings is 1. The van der Waals surface area contributed by atoms with E-state index in [-0.39, 0.29) is 18.1 Å². The second-order valence-electron chi connectivity index (χ2n) is 8.81. The molecule has 1 fully saturated rings. The second-order valence-corrected chi connectivity index (χ2v) is 11.1. The van der Waals surface area contributed by atoms with Crippen LogP contribution in [-0.4, -0.2) is 27.0 Å². The standard InChI is InChI=1S/C28H24ClN3O3S2/c1-17(33)18-6-4-7-20(14-18)30-25-11-5-10-24(31-25)28(19-12-13-36-16-19)15-22(34)26(27(35)32-28)37-23-9-3-2-8-21(23)29/h2-14,16-17,26,33H,15H2,1H3,(H,30,31)(H,32,35). The fourth-order valence-electron chi connectivity index (χ4n) is 4.36. The van der Waals surface area contributed by atoms with E-state index in [1.54, 1.807) is 19.1 Å². The lowest BCUT2D eigenvalue weighted by Gasteiger charge is -2.39. The number of hydrogen-bond donors (Lipinski definition) is 3. The molecule has 2 aromatic heterocycles. The molecular formula is C28H24ClN3O3S2. The quantitative estimate of drug-likeness (QED) is 0.242. The van der Waals surface area contributed by atoms with Gasteiger partial charge in [0.05, 0.1) is 16.8 Å². The molecule has 0 aliphatic carbocycles. The van der Waals surface area contributed by atoms with Crippen LogP contribution < -0.4 is 10.6 Å². The first-order chi connectivity index (χ1) is 17.9. The van der Waals surface area contributed by atoms with E-state index in [0.29, 0.717) is 21.4 Å². The number of carbonyl (C=O) groups is 2. The van der Waals surface area contributed by atoms with E-state index in [1.807, 2.05) is 71.4 Å². The number of thioether (sulfide) groups is 1. The Bertz CT molecular complexity index is 1420. The Balaban J connectivity index is 1.47. The summed E-state index contributed by atoms with van der Waals surface area (Å²) >= 11 is 8.95. The Morgan fingerprint density at radius 3 is 2.68 bits per heavy atom. The minimum absolute atomic E-state index is 0.0611. The number of nitrogens with zero attached hydrogens (tertiary/aromatic N) is 1. The van der Waals surface area contributed by atoms with E-state index in [4.69, 9.17) is 16.6 Å². The molecule has 9 heteroatoms. The molecule has 188 valence electrons. The largest absolute Gasteiger partial charge is 0.389 e. The molecule has 1 amide bonds. The van der Waals surface area contributed by atoms with Crippen molar-refractivity contribution in [2.45, 2.75) is 35.1 Å². The molecule has 3 unspecified atom stereocenters. The van der Waals surface area contributed by atoms with Gasteiger partial charge in [0.2, 0.25) is 5.91 Å². The van der Waals surface area contributed by atoms with Crippen LogP contribution in [0.5, 0.6) is 0 Å². The Morgan fingerprint density at radius 2 is 1.95 bits per heavy atom. The average Bonchev–Trinajstić information content (AvgIpc) is 3.43. The van der Waals surface area contributed by atoms with Gasteiger partial charge in [-0.05, 0) is 71.3 Å². The number of aromatic nitrogens is 1. The van der Waals surface area contributed by atoms with Crippen LogP contribution in [0.3, 0.4) is 0 Å². The first-order valence-electron chi connectivity index (χ1n) is 11.7. The van der Waals surface area contributed by atoms with Crippen molar-refractivity contribution in [3.05, 3.63) is 105 Å². The maximum absolute atomic E-state index is 13.5. The summed E-state index contributed by atoms with van der Waals surface area (Å²) in [7, 11) is 0. The molecule has 2 aromatic carbocycles. The van der Waals surface area contributed by atoms with Gasteiger partial charge in [-0.3, -0.25) is 9.59 Å². The molecule has 37 heavy (non-hydrogen) atoms. The van der Waals surface area contributed by atoms with Crippen LogP contribution in [0.25, 0.3) is 0 Å². The third kappa shape index (κ3) is 5.29. The van der Waals surface area contributed by atoms with E-state index in [2.05, 4.69) is 10.6 Å². The highest BCUT2D eigenvalue weighted by molar-refractivity contribution is 8.01. The van der Waals surface area contributed by atoms with Crippen molar-refractivity contribution in [1.82, 2.24) is 10.3 Å². The topological polar surface area (TPSA) is 91.3 Å². The van der Waals surface area contributed by atoms with Crippen LogP contribution in [0.4, 0.5) is 11.5 Å². The van der Waals surface area contributed by atoms with E-state index < -0.39 is 16.9 Å². The highest BCUT2D eigenvalue weighted by Crippen LogP contribution is 2.41. The third-order valence-corrected chi connectivity index (χ3v) is 8.68. The maximum atomic E-state index is 13.5. The van der Waals surface area contributed by atoms with Gasteiger partial charge in [0, 0.05) is 17.0 Å². The summed E-state index contributed by atoms with van der Waals surface area (Å²) < 4.78 is 0. The normalized spacial score (nSPS) is 20.4. The zero-order valence-corrected chi connectivity index (χ0v) is 22.2. The van der Waals surface area contributed by atoms with Crippen LogP contribution in [0.2, 0.25) is 5.02 Å². The zero-order valence-electron chi connectivity index (χ0n) is 19.9. The number of aliphatic hydroxyl groups excluding tert-OH is 1. The van der Waals surface area contributed by atoms with Crippen molar-refractivity contribution in [1.29, 1.82) is 0 Å². The number of benzene rings is 2. The van der Waals surface area contributed by atoms with E-state index in [0.717, 1.165) is 28.6 Å². The minimum atomic E-state index is -1.09. The molecule has 5 rings (SSSR count). The average molecular weight is 550 g/mol. The van der Waals surface area contributed by atoms with Crippen molar-refractivity contribution in [2.24, 2.45) is 0 Å². The molecule has 0 bridgehead atoms. The number of nitrogens with one attached hydrogen (secondary N) is 2. The number of aliphatic hydroxyl groups is 1. The van der Waals surface area contributed by atoms with Crippen molar-refractivity contribution < 1.29 is 14.7 Å². The van der Waals surface area contributed by atoms with E-state index in [1.165, 1.54) is 11.3 Å². The minimum Gasteiger partial charge on any atom is -0.389 e. The number of Topliss-reactive ketones (excluding diaryl/α,β-unsaturated/α-hetero) is 1. The number of hydrogen-bond acceptors (Lipinski definition) is 7. The molecule has 0 radical (unpaired) electrons. The van der Waals surface area contributed by atoms with Crippen LogP contribution in [0.15, 0.2) is 88.5 Å². The summed E-state index contributed by atoms with van der Waals surface area (Å²) in [6.45, 7) is 1.71. The number of anilines is 2. The number of rotatable bonds is 7. The lowest BCUT2D eigenvalue weighted by atomic mass is 9.79. The number of thiophene rings is 1. The number of amides is 1. The summed E-state index contributed by atoms with van der Waals surface area (Å²) in [5.74, 6) is -0.00838. The molecule has 3 N–H and O–H groups in total. The predicted octanol–water partition coefficient (Wildman–Crippen LogP) is 6.09. The Kier molecular flexibility index (Phi) is 7.35. The summed E-state index contributed by atoms with van der Waals surface area (Å²) in [6.07, 6.45) is -0.533. The van der Waals surface area contributed by atoms with Gasteiger partial charge in [0.25, 0.3) is 0 Å². The van der Waals surface area contributed by atoms with Gasteiger partial charge < -0.3 is 15.7 Å². The molecule has 0 saturated carbocycles.